The first kappa shape index (κ1) is 37.4. The molecule has 0 bridgehead atoms. The number of benzene rings is 2. The maximum absolute atomic E-state index is 14.2. The molecule has 0 aliphatic carbocycles. The van der Waals surface area contributed by atoms with E-state index in [1.54, 1.807) is 6.07 Å². The number of halogens is 2. The van der Waals surface area contributed by atoms with Gasteiger partial charge in [0.2, 0.25) is 0 Å². The standard InChI is InChI=1S/C42H56F2N4O3/c1-27-22-34(44)11-10-31(27)24-47-17-12-29-23-30(8-9-32(29)25-47)37-35(26-46-18-13-33(43)14-19-46)45-28(2)36(39(40(49)50)51-41(3,4)5)38(37)48-20-15-42(6,7)16-21-48/h8-11,22-23,33,39H,12-21,24-26H2,1-7H3,(H,49,50). The largest absolute Gasteiger partial charge is 0.479 e. The molecule has 1 aromatic heterocycles. The van der Waals surface area contributed by atoms with Crippen molar-refractivity contribution < 1.29 is 23.4 Å². The summed E-state index contributed by atoms with van der Waals surface area (Å²) in [5.41, 5.74) is 9.22. The van der Waals surface area contributed by atoms with Crippen molar-refractivity contribution in [2.24, 2.45) is 5.41 Å². The minimum absolute atomic E-state index is 0.191. The van der Waals surface area contributed by atoms with Gasteiger partial charge in [-0.15, -0.1) is 0 Å². The summed E-state index contributed by atoms with van der Waals surface area (Å²) in [4.78, 5) is 25.4. The van der Waals surface area contributed by atoms with Gasteiger partial charge in [0.1, 0.15) is 12.0 Å². The zero-order valence-corrected chi connectivity index (χ0v) is 31.6. The van der Waals surface area contributed by atoms with Crippen LogP contribution in [-0.2, 0) is 35.6 Å². The lowest BCUT2D eigenvalue weighted by molar-refractivity contribution is -0.160. The Morgan fingerprint density at radius 3 is 2.33 bits per heavy atom. The number of carboxylic acid groups (broad SMARTS) is 1. The average Bonchev–Trinajstić information content (AvgIpc) is 3.05. The molecule has 0 radical (unpaired) electrons. The molecule has 276 valence electrons. The molecular weight excluding hydrogens is 646 g/mol. The van der Waals surface area contributed by atoms with E-state index >= 15 is 0 Å². The summed E-state index contributed by atoms with van der Waals surface area (Å²) in [7, 11) is 0. The number of carbonyl (C=O) groups is 1. The minimum Gasteiger partial charge on any atom is -0.479 e. The molecule has 0 spiro atoms. The van der Waals surface area contributed by atoms with E-state index < -0.39 is 23.8 Å². The Bertz CT molecular complexity index is 1730. The molecule has 7 nitrogen and oxygen atoms in total. The molecule has 51 heavy (non-hydrogen) atoms. The number of rotatable bonds is 9. The van der Waals surface area contributed by atoms with Gasteiger partial charge in [-0.05, 0) is 112 Å². The minimum atomic E-state index is -1.20. The second kappa shape index (κ2) is 14.9. The normalized spacial score (nSPS) is 19.6. The third-order valence-corrected chi connectivity index (χ3v) is 11.0. The highest BCUT2D eigenvalue weighted by Crippen LogP contribution is 2.46. The number of aryl methyl sites for hydroxylation is 2. The van der Waals surface area contributed by atoms with Crippen LogP contribution >= 0.6 is 0 Å². The number of aliphatic carboxylic acids is 1. The highest BCUT2D eigenvalue weighted by molar-refractivity contribution is 5.88. The maximum atomic E-state index is 14.2. The molecule has 0 amide bonds. The summed E-state index contributed by atoms with van der Waals surface area (Å²) < 4.78 is 34.4. The quantitative estimate of drug-likeness (QED) is 0.240. The lowest BCUT2D eigenvalue weighted by Gasteiger charge is -2.41. The van der Waals surface area contributed by atoms with Crippen LogP contribution in [-0.4, -0.2) is 70.4 Å². The molecule has 3 aliphatic rings. The lowest BCUT2D eigenvalue weighted by Crippen LogP contribution is -2.40. The second-order valence-electron chi connectivity index (χ2n) is 16.8. The van der Waals surface area contributed by atoms with Crippen LogP contribution in [0.25, 0.3) is 11.1 Å². The van der Waals surface area contributed by atoms with E-state index in [0.29, 0.717) is 43.7 Å². The first-order valence-electron chi connectivity index (χ1n) is 18.7. The lowest BCUT2D eigenvalue weighted by atomic mass is 9.81. The van der Waals surface area contributed by atoms with Crippen LogP contribution in [0.1, 0.15) is 106 Å². The van der Waals surface area contributed by atoms with E-state index in [9.17, 15) is 18.7 Å². The van der Waals surface area contributed by atoms with Gasteiger partial charge in [0.05, 0.1) is 17.0 Å². The van der Waals surface area contributed by atoms with Crippen LogP contribution in [0.3, 0.4) is 0 Å². The Morgan fingerprint density at radius 1 is 0.980 bits per heavy atom. The van der Waals surface area contributed by atoms with E-state index in [1.165, 1.54) is 17.2 Å². The van der Waals surface area contributed by atoms with Gasteiger partial charge in [0, 0.05) is 69.2 Å². The number of alkyl halides is 1. The van der Waals surface area contributed by atoms with E-state index in [-0.39, 0.29) is 11.2 Å². The molecule has 9 heteroatoms. The highest BCUT2D eigenvalue weighted by atomic mass is 19.1. The number of ether oxygens (including phenoxy) is 1. The predicted molar refractivity (Wildman–Crippen MR) is 199 cm³/mol. The van der Waals surface area contributed by atoms with Gasteiger partial charge < -0.3 is 14.7 Å². The number of likely N-dealkylation sites (tertiary alicyclic amines) is 1. The third kappa shape index (κ3) is 8.81. The van der Waals surface area contributed by atoms with Crippen LogP contribution in [0.2, 0.25) is 0 Å². The van der Waals surface area contributed by atoms with E-state index in [4.69, 9.17) is 9.72 Å². The zero-order valence-electron chi connectivity index (χ0n) is 31.6. The van der Waals surface area contributed by atoms with Crippen LogP contribution in [0, 0.1) is 25.1 Å². The van der Waals surface area contributed by atoms with Crippen molar-refractivity contribution in [2.75, 3.05) is 37.6 Å². The Kier molecular flexibility index (Phi) is 10.9. The van der Waals surface area contributed by atoms with Crippen molar-refractivity contribution >= 4 is 11.7 Å². The molecular formula is C42H56F2N4O3. The summed E-state index contributed by atoms with van der Waals surface area (Å²) in [6, 6.07) is 11.7. The number of aromatic nitrogens is 1. The van der Waals surface area contributed by atoms with Gasteiger partial charge in [0.15, 0.2) is 6.10 Å². The number of carboxylic acids is 1. The molecule has 2 aromatic carbocycles. The number of pyridine rings is 1. The van der Waals surface area contributed by atoms with Crippen molar-refractivity contribution in [3.8, 4) is 11.1 Å². The van der Waals surface area contributed by atoms with Crippen molar-refractivity contribution in [3.05, 3.63) is 81.4 Å². The molecule has 3 aliphatic heterocycles. The third-order valence-electron chi connectivity index (χ3n) is 11.0. The monoisotopic (exact) mass is 702 g/mol. The summed E-state index contributed by atoms with van der Waals surface area (Å²) in [6.45, 7) is 20.1. The van der Waals surface area contributed by atoms with Crippen LogP contribution in [0.15, 0.2) is 36.4 Å². The van der Waals surface area contributed by atoms with Gasteiger partial charge in [-0.25, -0.2) is 13.6 Å². The molecule has 2 saturated heterocycles. The Balaban J connectivity index is 1.46. The van der Waals surface area contributed by atoms with Gasteiger partial charge in [-0.1, -0.05) is 38.1 Å². The molecule has 6 rings (SSSR count). The summed E-state index contributed by atoms with van der Waals surface area (Å²) in [5, 5.41) is 10.7. The van der Waals surface area contributed by atoms with Gasteiger partial charge >= 0.3 is 5.97 Å². The van der Waals surface area contributed by atoms with Crippen molar-refractivity contribution in [1.29, 1.82) is 0 Å². The highest BCUT2D eigenvalue weighted by Gasteiger charge is 2.37. The molecule has 2 fully saturated rings. The first-order valence-corrected chi connectivity index (χ1v) is 18.7. The number of nitrogens with zero attached hydrogens (tertiary/aromatic N) is 4. The smallest absolute Gasteiger partial charge is 0.337 e. The van der Waals surface area contributed by atoms with Crippen LogP contribution in [0.5, 0.6) is 0 Å². The maximum Gasteiger partial charge on any atom is 0.337 e. The molecule has 1 N–H and O–H groups in total. The molecule has 1 atom stereocenters. The summed E-state index contributed by atoms with van der Waals surface area (Å²) in [5.74, 6) is -1.24. The topological polar surface area (TPSA) is 69.1 Å². The Morgan fingerprint density at radius 2 is 1.69 bits per heavy atom. The molecule has 0 saturated carbocycles. The Hall–Kier alpha value is -3.40. The van der Waals surface area contributed by atoms with E-state index in [0.717, 1.165) is 85.6 Å². The fourth-order valence-corrected chi connectivity index (χ4v) is 7.99. The van der Waals surface area contributed by atoms with Crippen LogP contribution in [0.4, 0.5) is 14.5 Å². The average molecular weight is 703 g/mol. The number of fused-ring (bicyclic) bond motifs is 1. The fourth-order valence-electron chi connectivity index (χ4n) is 7.99. The van der Waals surface area contributed by atoms with E-state index in [1.807, 2.05) is 40.7 Å². The summed E-state index contributed by atoms with van der Waals surface area (Å²) >= 11 is 0. The Labute approximate surface area is 303 Å². The number of hydrogen-bond acceptors (Lipinski definition) is 6. The van der Waals surface area contributed by atoms with Crippen molar-refractivity contribution in [1.82, 2.24) is 14.8 Å². The summed E-state index contributed by atoms with van der Waals surface area (Å²) in [6.07, 6.45) is 1.88. The molecule has 4 heterocycles. The van der Waals surface area contributed by atoms with Crippen LogP contribution < -0.4 is 4.90 Å². The fraction of sp³-hybridized carbons (Fsp3) is 0.571. The zero-order chi connectivity index (χ0) is 36.7. The SMILES string of the molecule is Cc1cc(F)ccc1CN1CCc2cc(-c3c(CN4CCC(F)CC4)nc(C)c(C(OC(C)(C)C)C(=O)O)c3N3CCC(C)(C)CC3)ccc2C1. The molecule has 3 aromatic rings. The number of piperidine rings is 2. The predicted octanol–water partition coefficient (Wildman–Crippen LogP) is 8.56. The van der Waals surface area contributed by atoms with Crippen molar-refractivity contribution in [2.45, 2.75) is 118 Å². The first-order chi connectivity index (χ1) is 24.1. The van der Waals surface area contributed by atoms with Gasteiger partial charge in [-0.2, -0.15) is 0 Å². The van der Waals surface area contributed by atoms with E-state index in [2.05, 4.69) is 46.7 Å². The van der Waals surface area contributed by atoms with Gasteiger partial charge in [0.25, 0.3) is 0 Å². The number of anilines is 1. The van der Waals surface area contributed by atoms with Gasteiger partial charge in [-0.3, -0.25) is 14.8 Å². The molecule has 1 unspecified atom stereocenters. The van der Waals surface area contributed by atoms with Crippen molar-refractivity contribution in [3.63, 3.8) is 0 Å². The number of hydrogen-bond donors (Lipinski definition) is 1. The second-order valence-corrected chi connectivity index (χ2v) is 16.8.